The fourth-order valence-corrected chi connectivity index (χ4v) is 4.84. The lowest BCUT2D eigenvalue weighted by Gasteiger charge is -2.41. The van der Waals surface area contributed by atoms with Gasteiger partial charge in [-0.1, -0.05) is 30.3 Å². The van der Waals surface area contributed by atoms with Gasteiger partial charge >= 0.3 is 0 Å². The van der Waals surface area contributed by atoms with E-state index in [1.165, 1.54) is 24.3 Å². The number of halogens is 2. The van der Waals surface area contributed by atoms with Crippen LogP contribution in [0.1, 0.15) is 36.0 Å². The Balaban J connectivity index is 1.70. The molecule has 178 valence electrons. The van der Waals surface area contributed by atoms with Crippen LogP contribution in [-0.2, 0) is 17.6 Å². The van der Waals surface area contributed by atoms with E-state index in [0.717, 1.165) is 16.7 Å². The summed E-state index contributed by atoms with van der Waals surface area (Å²) >= 11 is 0. The molecule has 3 aromatic rings. The number of hydrogen-bond donors (Lipinski definition) is 1. The van der Waals surface area contributed by atoms with Gasteiger partial charge in [0.15, 0.2) is 11.5 Å². The van der Waals surface area contributed by atoms with Crippen molar-refractivity contribution >= 4 is 5.91 Å². The number of carbonyl (C=O) groups excluding carboxylic acids is 1. The Bertz CT molecular complexity index is 1080. The standard InChI is InChI=1S/C28H29F2NO3/c1-3-34-26-14-21(8-13-25(26)33-2)22-17-28(27(32)31-18-22,15-19-4-9-23(29)10-5-19)16-20-6-11-24(30)12-7-20/h4-14,22H,3,15-18H2,1-2H3,(H,31,32). The maximum absolute atomic E-state index is 13.5. The van der Waals surface area contributed by atoms with Crippen LogP contribution in [0.5, 0.6) is 11.5 Å². The molecule has 1 amide bonds. The van der Waals surface area contributed by atoms with E-state index in [-0.39, 0.29) is 23.5 Å². The highest BCUT2D eigenvalue weighted by Crippen LogP contribution is 2.42. The molecule has 1 fully saturated rings. The molecule has 0 spiro atoms. The summed E-state index contributed by atoms with van der Waals surface area (Å²) in [5.74, 6) is 0.698. The van der Waals surface area contributed by atoms with Gasteiger partial charge in [-0.25, -0.2) is 8.78 Å². The fraction of sp³-hybridized carbons (Fsp3) is 0.321. The van der Waals surface area contributed by atoms with Crippen LogP contribution in [0.4, 0.5) is 8.78 Å². The maximum atomic E-state index is 13.5. The minimum atomic E-state index is -0.774. The summed E-state index contributed by atoms with van der Waals surface area (Å²) in [4.78, 5) is 13.4. The SMILES string of the molecule is CCOc1cc(C2CNC(=O)C(Cc3ccc(F)cc3)(Cc3ccc(F)cc3)C2)ccc1OC. The predicted molar refractivity (Wildman–Crippen MR) is 127 cm³/mol. The van der Waals surface area contributed by atoms with E-state index in [1.807, 2.05) is 25.1 Å². The van der Waals surface area contributed by atoms with Crippen molar-refractivity contribution in [2.75, 3.05) is 20.3 Å². The summed E-state index contributed by atoms with van der Waals surface area (Å²) in [6, 6.07) is 18.4. The minimum Gasteiger partial charge on any atom is -0.493 e. The number of ether oxygens (including phenoxy) is 2. The van der Waals surface area contributed by atoms with Crippen molar-refractivity contribution in [3.8, 4) is 11.5 Å². The molecule has 34 heavy (non-hydrogen) atoms. The molecule has 0 radical (unpaired) electrons. The van der Waals surface area contributed by atoms with Crippen LogP contribution < -0.4 is 14.8 Å². The first-order valence-corrected chi connectivity index (χ1v) is 11.5. The highest BCUT2D eigenvalue weighted by Gasteiger charge is 2.44. The zero-order chi connectivity index (χ0) is 24.1. The Morgan fingerprint density at radius 3 is 2.03 bits per heavy atom. The molecule has 1 aliphatic heterocycles. The molecule has 1 atom stereocenters. The zero-order valence-corrected chi connectivity index (χ0v) is 19.4. The second kappa shape index (κ2) is 10.2. The van der Waals surface area contributed by atoms with Crippen LogP contribution in [-0.4, -0.2) is 26.2 Å². The van der Waals surface area contributed by atoms with Gasteiger partial charge in [-0.2, -0.15) is 0 Å². The number of benzene rings is 3. The van der Waals surface area contributed by atoms with E-state index in [2.05, 4.69) is 5.32 Å². The molecule has 0 aliphatic carbocycles. The van der Waals surface area contributed by atoms with E-state index in [4.69, 9.17) is 9.47 Å². The van der Waals surface area contributed by atoms with E-state index in [1.54, 1.807) is 31.4 Å². The lowest BCUT2D eigenvalue weighted by molar-refractivity contribution is -0.134. The molecule has 1 unspecified atom stereocenters. The second-order valence-electron chi connectivity index (χ2n) is 8.84. The number of nitrogens with one attached hydrogen (secondary N) is 1. The van der Waals surface area contributed by atoms with E-state index >= 15 is 0 Å². The summed E-state index contributed by atoms with van der Waals surface area (Å²) < 4.78 is 38.2. The normalized spacial score (nSPS) is 17.2. The van der Waals surface area contributed by atoms with Crippen LogP contribution >= 0.6 is 0 Å². The van der Waals surface area contributed by atoms with Crippen molar-refractivity contribution in [1.29, 1.82) is 0 Å². The molecule has 0 aromatic heterocycles. The van der Waals surface area contributed by atoms with Gasteiger partial charge in [0.1, 0.15) is 11.6 Å². The van der Waals surface area contributed by atoms with Gasteiger partial charge in [-0.05, 0) is 79.3 Å². The van der Waals surface area contributed by atoms with Gasteiger partial charge in [-0.3, -0.25) is 4.79 Å². The molecule has 0 saturated carbocycles. The molecule has 4 nitrogen and oxygen atoms in total. The smallest absolute Gasteiger partial charge is 0.226 e. The fourth-order valence-electron chi connectivity index (χ4n) is 4.84. The number of rotatable bonds is 8. The van der Waals surface area contributed by atoms with Gasteiger partial charge in [0, 0.05) is 12.5 Å². The van der Waals surface area contributed by atoms with Gasteiger partial charge in [-0.15, -0.1) is 0 Å². The quantitative estimate of drug-likeness (QED) is 0.481. The Kier molecular flexibility index (Phi) is 7.15. The van der Waals surface area contributed by atoms with Crippen molar-refractivity contribution in [3.05, 3.63) is 95.1 Å². The maximum Gasteiger partial charge on any atom is 0.226 e. The van der Waals surface area contributed by atoms with Gasteiger partial charge < -0.3 is 14.8 Å². The molecule has 1 heterocycles. The summed E-state index contributed by atoms with van der Waals surface area (Å²) in [6.45, 7) is 2.94. The van der Waals surface area contributed by atoms with Gasteiger partial charge in [0.05, 0.1) is 19.1 Å². The first-order valence-electron chi connectivity index (χ1n) is 11.5. The average Bonchev–Trinajstić information content (AvgIpc) is 2.84. The first-order chi connectivity index (χ1) is 16.4. The van der Waals surface area contributed by atoms with Gasteiger partial charge in [0.2, 0.25) is 5.91 Å². The Morgan fingerprint density at radius 1 is 0.912 bits per heavy atom. The number of methoxy groups -OCH3 is 1. The lowest BCUT2D eigenvalue weighted by atomic mass is 9.67. The number of amides is 1. The van der Waals surface area contributed by atoms with Gasteiger partial charge in [0.25, 0.3) is 0 Å². The molecule has 1 N–H and O–H groups in total. The largest absolute Gasteiger partial charge is 0.493 e. The summed E-state index contributed by atoms with van der Waals surface area (Å²) in [6.07, 6.45) is 1.48. The monoisotopic (exact) mass is 465 g/mol. The van der Waals surface area contributed by atoms with Crippen LogP contribution in [0, 0.1) is 17.0 Å². The van der Waals surface area contributed by atoms with Crippen LogP contribution in [0.3, 0.4) is 0 Å². The summed E-state index contributed by atoms with van der Waals surface area (Å²) in [5.41, 5.74) is 2.03. The third-order valence-corrected chi connectivity index (χ3v) is 6.50. The lowest BCUT2D eigenvalue weighted by Crippen LogP contribution is -2.51. The first kappa shape index (κ1) is 23.7. The molecule has 6 heteroatoms. The number of hydrogen-bond acceptors (Lipinski definition) is 3. The van der Waals surface area contributed by atoms with Crippen molar-refractivity contribution in [1.82, 2.24) is 5.32 Å². The van der Waals surface area contributed by atoms with Crippen molar-refractivity contribution < 1.29 is 23.0 Å². The number of carbonyl (C=O) groups is 1. The zero-order valence-electron chi connectivity index (χ0n) is 19.4. The second-order valence-corrected chi connectivity index (χ2v) is 8.84. The molecule has 4 rings (SSSR count). The third-order valence-electron chi connectivity index (χ3n) is 6.50. The van der Waals surface area contributed by atoms with Crippen molar-refractivity contribution in [3.63, 3.8) is 0 Å². The van der Waals surface area contributed by atoms with Crippen molar-refractivity contribution in [2.45, 2.75) is 32.1 Å². The minimum absolute atomic E-state index is 0.0451. The summed E-state index contributed by atoms with van der Waals surface area (Å²) in [5, 5.41) is 3.11. The number of piperidine rings is 1. The highest BCUT2D eigenvalue weighted by molar-refractivity contribution is 5.84. The Hall–Kier alpha value is -3.41. The summed E-state index contributed by atoms with van der Waals surface area (Å²) in [7, 11) is 1.61. The molecule has 0 bridgehead atoms. The molecule has 1 saturated heterocycles. The molecular weight excluding hydrogens is 436 g/mol. The average molecular weight is 466 g/mol. The van der Waals surface area contributed by atoms with E-state index in [9.17, 15) is 13.6 Å². The topological polar surface area (TPSA) is 47.6 Å². The van der Waals surface area contributed by atoms with Crippen LogP contribution in [0.15, 0.2) is 66.7 Å². The van der Waals surface area contributed by atoms with E-state index in [0.29, 0.717) is 43.9 Å². The van der Waals surface area contributed by atoms with Crippen molar-refractivity contribution in [2.24, 2.45) is 5.41 Å². The predicted octanol–water partition coefficient (Wildman–Crippen LogP) is 5.45. The molecule has 3 aromatic carbocycles. The Morgan fingerprint density at radius 2 is 1.50 bits per heavy atom. The highest BCUT2D eigenvalue weighted by atomic mass is 19.1. The van der Waals surface area contributed by atoms with Crippen LogP contribution in [0.25, 0.3) is 0 Å². The Labute approximate surface area is 198 Å². The van der Waals surface area contributed by atoms with E-state index < -0.39 is 5.41 Å². The molecule has 1 aliphatic rings. The van der Waals surface area contributed by atoms with Crippen LogP contribution in [0.2, 0.25) is 0 Å². The molecular formula is C28H29F2NO3. The third kappa shape index (κ3) is 5.22.